The highest BCUT2D eigenvalue weighted by Crippen LogP contribution is 2.43. The number of aromatic nitrogens is 1. The van der Waals surface area contributed by atoms with Crippen molar-refractivity contribution in [1.82, 2.24) is 4.37 Å². The zero-order valence-corrected chi connectivity index (χ0v) is 18.9. The van der Waals surface area contributed by atoms with Crippen LogP contribution in [0.3, 0.4) is 0 Å². The molecule has 0 saturated carbocycles. The molecular weight excluding hydrogens is 503 g/mol. The number of halogens is 7. The normalized spacial score (nSPS) is 12.1. The van der Waals surface area contributed by atoms with E-state index in [4.69, 9.17) is 9.84 Å². The highest BCUT2D eigenvalue weighted by molar-refractivity contribution is 7.06. The Morgan fingerprint density at radius 2 is 1.69 bits per heavy atom. The number of nitrogens with zero attached hydrogens (tertiary/aromatic N) is 1. The summed E-state index contributed by atoms with van der Waals surface area (Å²) < 4.78 is 105. The molecule has 1 heterocycles. The van der Waals surface area contributed by atoms with E-state index in [1.807, 2.05) is 6.92 Å². The average Bonchev–Trinajstić information content (AvgIpc) is 3.20. The van der Waals surface area contributed by atoms with Gasteiger partial charge in [0.25, 0.3) is 0 Å². The van der Waals surface area contributed by atoms with Crippen molar-refractivity contribution in [2.24, 2.45) is 0 Å². The van der Waals surface area contributed by atoms with Gasteiger partial charge in [0, 0.05) is 17.5 Å². The molecule has 4 nitrogen and oxygen atoms in total. The quantitative estimate of drug-likeness (QED) is 0.320. The number of aliphatic carboxylic acids is 1. The molecule has 0 aliphatic carbocycles. The Hall–Kier alpha value is -3.15. The van der Waals surface area contributed by atoms with Crippen molar-refractivity contribution in [2.75, 3.05) is 0 Å². The number of rotatable bonds is 8. The Morgan fingerprint density at radius 1 is 1.03 bits per heavy atom. The largest absolute Gasteiger partial charge is 0.488 e. The third-order valence-electron chi connectivity index (χ3n) is 5.13. The molecule has 0 saturated heterocycles. The lowest BCUT2D eigenvalue weighted by Gasteiger charge is -2.17. The van der Waals surface area contributed by atoms with Crippen LogP contribution in [-0.4, -0.2) is 15.4 Å². The lowest BCUT2D eigenvalue weighted by molar-refractivity contribution is -0.142. The summed E-state index contributed by atoms with van der Waals surface area (Å²) in [4.78, 5) is 9.56. The van der Waals surface area contributed by atoms with Gasteiger partial charge in [0.15, 0.2) is 0 Å². The number of hydrogen-bond donors (Lipinski definition) is 1. The van der Waals surface area contributed by atoms with Crippen LogP contribution in [0, 0.1) is 5.82 Å². The van der Waals surface area contributed by atoms with Crippen molar-refractivity contribution in [2.45, 2.75) is 45.1 Å². The van der Waals surface area contributed by atoms with Crippen LogP contribution in [0.5, 0.6) is 5.75 Å². The molecule has 1 N–H and O–H groups in total. The van der Waals surface area contributed by atoms with E-state index in [-0.39, 0.29) is 17.2 Å². The second-order valence-electron chi connectivity index (χ2n) is 7.48. The van der Waals surface area contributed by atoms with Gasteiger partial charge in [0.1, 0.15) is 28.6 Å². The predicted octanol–water partition coefficient (Wildman–Crippen LogP) is 7.15. The van der Waals surface area contributed by atoms with Gasteiger partial charge in [0.05, 0.1) is 5.69 Å². The van der Waals surface area contributed by atoms with E-state index in [1.54, 1.807) is 24.3 Å². The van der Waals surface area contributed by atoms with Gasteiger partial charge in [-0.15, -0.1) is 0 Å². The minimum Gasteiger partial charge on any atom is -0.488 e. The Labute approximate surface area is 199 Å². The van der Waals surface area contributed by atoms with E-state index in [1.165, 1.54) is 0 Å². The molecule has 12 heteroatoms. The van der Waals surface area contributed by atoms with Crippen molar-refractivity contribution >= 4 is 17.5 Å². The SMILES string of the molecule is CCc1ccc(-c2nsc(C(F)(F)F)c2COc2ccc(CCC(=O)O)c(F)c2C(F)(F)F)cc1. The first-order valence-corrected chi connectivity index (χ1v) is 11.0. The maximum absolute atomic E-state index is 14.6. The summed E-state index contributed by atoms with van der Waals surface area (Å²) in [6.07, 6.45) is -10.5. The average molecular weight is 521 g/mol. The van der Waals surface area contributed by atoms with Gasteiger partial charge in [-0.2, -0.15) is 30.7 Å². The molecule has 0 fully saturated rings. The van der Waals surface area contributed by atoms with Crippen LogP contribution in [0.2, 0.25) is 0 Å². The maximum atomic E-state index is 14.6. The van der Waals surface area contributed by atoms with Gasteiger partial charge < -0.3 is 9.84 Å². The third kappa shape index (κ3) is 6.11. The molecule has 0 radical (unpaired) electrons. The summed E-state index contributed by atoms with van der Waals surface area (Å²) >= 11 is 0.141. The molecule has 3 rings (SSSR count). The number of hydrogen-bond acceptors (Lipinski definition) is 4. The molecule has 0 bridgehead atoms. The Bertz CT molecular complexity index is 1200. The third-order valence-corrected chi connectivity index (χ3v) is 6.06. The summed E-state index contributed by atoms with van der Waals surface area (Å²) in [5.74, 6) is -4.07. The van der Waals surface area contributed by atoms with E-state index < -0.39 is 70.9 Å². The summed E-state index contributed by atoms with van der Waals surface area (Å²) in [5, 5.41) is 8.71. The van der Waals surface area contributed by atoms with Crippen molar-refractivity contribution in [3.63, 3.8) is 0 Å². The molecule has 3 aromatic rings. The number of ether oxygens (including phenoxy) is 1. The van der Waals surface area contributed by atoms with Crippen molar-refractivity contribution in [1.29, 1.82) is 0 Å². The smallest absolute Gasteiger partial charge is 0.427 e. The van der Waals surface area contributed by atoms with Gasteiger partial charge in [-0.1, -0.05) is 37.3 Å². The van der Waals surface area contributed by atoms with E-state index >= 15 is 0 Å². The van der Waals surface area contributed by atoms with Gasteiger partial charge in [-0.25, -0.2) is 4.39 Å². The highest BCUT2D eigenvalue weighted by atomic mass is 32.1. The number of aryl methyl sites for hydroxylation is 2. The molecule has 2 aromatic carbocycles. The highest BCUT2D eigenvalue weighted by Gasteiger charge is 2.41. The van der Waals surface area contributed by atoms with Crippen LogP contribution in [0.25, 0.3) is 11.3 Å². The second kappa shape index (κ2) is 10.2. The molecular formula is C23H18F7NO3S. The van der Waals surface area contributed by atoms with Crippen LogP contribution < -0.4 is 4.74 Å². The molecule has 0 aliphatic heterocycles. The Morgan fingerprint density at radius 3 is 2.23 bits per heavy atom. The lowest BCUT2D eigenvalue weighted by Crippen LogP contribution is -2.15. The van der Waals surface area contributed by atoms with Crippen molar-refractivity contribution in [3.05, 3.63) is 69.3 Å². The molecule has 0 aliphatic rings. The van der Waals surface area contributed by atoms with E-state index in [0.717, 1.165) is 17.7 Å². The van der Waals surface area contributed by atoms with Crippen LogP contribution in [0.15, 0.2) is 36.4 Å². The number of alkyl halides is 6. The Balaban J connectivity index is 2.01. The molecule has 0 amide bonds. The topological polar surface area (TPSA) is 59.4 Å². The molecule has 188 valence electrons. The van der Waals surface area contributed by atoms with Crippen LogP contribution in [-0.2, 0) is 36.6 Å². The summed E-state index contributed by atoms with van der Waals surface area (Å²) in [6.45, 7) is 0.941. The number of carboxylic acids is 1. The Kier molecular flexibility index (Phi) is 7.73. The fourth-order valence-electron chi connectivity index (χ4n) is 3.36. The fourth-order valence-corrected chi connectivity index (χ4v) is 4.13. The minimum atomic E-state index is -5.24. The van der Waals surface area contributed by atoms with E-state index in [2.05, 4.69) is 4.37 Å². The van der Waals surface area contributed by atoms with Crippen molar-refractivity contribution < 1.29 is 45.4 Å². The number of carboxylic acid groups (broad SMARTS) is 1. The van der Waals surface area contributed by atoms with Crippen LogP contribution >= 0.6 is 11.5 Å². The van der Waals surface area contributed by atoms with E-state index in [0.29, 0.717) is 12.0 Å². The predicted molar refractivity (Wildman–Crippen MR) is 114 cm³/mol. The van der Waals surface area contributed by atoms with E-state index in [9.17, 15) is 35.5 Å². The van der Waals surface area contributed by atoms with Crippen LogP contribution in [0.1, 0.15) is 40.5 Å². The first kappa shape index (κ1) is 26.5. The van der Waals surface area contributed by atoms with Gasteiger partial charge in [-0.05, 0) is 41.6 Å². The summed E-state index contributed by atoms with van der Waals surface area (Å²) in [6, 6.07) is 8.18. The van der Waals surface area contributed by atoms with Gasteiger partial charge in [0.2, 0.25) is 0 Å². The standard InChI is InChI=1S/C23H18F7NO3S/c1-2-12-3-5-14(6-4-12)20-15(21(35-31-20)23(28,29)30)11-34-16-9-7-13(8-10-17(32)33)19(24)18(16)22(25,26)27/h3-7,9H,2,8,10-11H2,1H3,(H,32,33). The number of benzene rings is 2. The molecule has 1 aromatic heterocycles. The molecule has 35 heavy (non-hydrogen) atoms. The van der Waals surface area contributed by atoms with Crippen LogP contribution in [0.4, 0.5) is 30.7 Å². The zero-order valence-electron chi connectivity index (χ0n) is 18.1. The number of carbonyl (C=O) groups is 1. The molecule has 0 atom stereocenters. The van der Waals surface area contributed by atoms with Gasteiger partial charge in [-0.3, -0.25) is 4.79 Å². The first-order valence-electron chi connectivity index (χ1n) is 10.2. The zero-order chi connectivity index (χ0) is 26.0. The van der Waals surface area contributed by atoms with Gasteiger partial charge >= 0.3 is 18.3 Å². The second-order valence-corrected chi connectivity index (χ2v) is 8.25. The summed E-state index contributed by atoms with van der Waals surface area (Å²) in [7, 11) is 0. The molecule has 0 unspecified atom stereocenters. The fraction of sp³-hybridized carbons (Fsp3) is 0.304. The lowest BCUT2D eigenvalue weighted by atomic mass is 10.0. The maximum Gasteiger partial charge on any atom is 0.427 e. The monoisotopic (exact) mass is 521 g/mol. The first-order chi connectivity index (χ1) is 16.3. The summed E-state index contributed by atoms with van der Waals surface area (Å²) in [5.41, 5.74) is -1.65. The molecule has 0 spiro atoms. The van der Waals surface area contributed by atoms with Crippen molar-refractivity contribution in [3.8, 4) is 17.0 Å². The minimum absolute atomic E-state index is 0.0999.